The quantitative estimate of drug-likeness (QED) is 0.577. The largest absolute Gasteiger partial charge is 0.487 e. The van der Waals surface area contributed by atoms with Gasteiger partial charge in [-0.1, -0.05) is 17.7 Å². The lowest BCUT2D eigenvalue weighted by Crippen LogP contribution is -2.42. The van der Waals surface area contributed by atoms with Crippen LogP contribution in [0.5, 0.6) is 5.75 Å². The maximum absolute atomic E-state index is 14.6. The van der Waals surface area contributed by atoms with Gasteiger partial charge in [0.2, 0.25) is 0 Å². The molecule has 0 radical (unpaired) electrons. The molecule has 3 rings (SSSR count). The zero-order valence-electron chi connectivity index (χ0n) is 18.4. The first-order chi connectivity index (χ1) is 14.5. The Morgan fingerprint density at radius 1 is 1.23 bits per heavy atom. The zero-order chi connectivity index (χ0) is 22.8. The van der Waals surface area contributed by atoms with Gasteiger partial charge in [-0.2, -0.15) is 0 Å². The van der Waals surface area contributed by atoms with E-state index in [1.165, 1.54) is 12.1 Å². The van der Waals surface area contributed by atoms with Gasteiger partial charge in [-0.25, -0.2) is 13.6 Å². The molecular weight excluding hydrogens is 426 g/mol. The van der Waals surface area contributed by atoms with Crippen LogP contribution >= 0.6 is 11.6 Å². The van der Waals surface area contributed by atoms with Crippen LogP contribution in [0.25, 0.3) is 5.57 Å². The Morgan fingerprint density at radius 3 is 2.39 bits per heavy atom. The van der Waals surface area contributed by atoms with E-state index in [2.05, 4.69) is 4.99 Å². The zero-order valence-corrected chi connectivity index (χ0v) is 19.1. The third-order valence-electron chi connectivity index (χ3n) is 5.34. The highest BCUT2D eigenvalue weighted by molar-refractivity contribution is 6.65. The SMILES string of the molecule is CC1N=C(Cl)CC=C1c1cc(F)c(OCC2CCN(C(=O)OC(C)(C)C)CC2)c(F)c1. The van der Waals surface area contributed by atoms with E-state index in [9.17, 15) is 13.6 Å². The molecule has 0 N–H and O–H groups in total. The Labute approximate surface area is 187 Å². The van der Waals surface area contributed by atoms with Crippen molar-refractivity contribution < 1.29 is 23.0 Å². The number of allylic oxidation sites excluding steroid dienone is 1. The average molecular weight is 455 g/mol. The number of carbonyl (C=O) groups is 1. The second-order valence-electron chi connectivity index (χ2n) is 9.04. The number of rotatable bonds is 4. The van der Waals surface area contributed by atoms with E-state index in [1.54, 1.807) is 4.90 Å². The molecule has 1 saturated heterocycles. The summed E-state index contributed by atoms with van der Waals surface area (Å²) in [5.74, 6) is -1.75. The first-order valence-electron chi connectivity index (χ1n) is 10.6. The Bertz CT molecular complexity index is 864. The minimum Gasteiger partial charge on any atom is -0.487 e. The average Bonchev–Trinajstić information content (AvgIpc) is 2.66. The molecule has 0 aliphatic carbocycles. The van der Waals surface area contributed by atoms with Gasteiger partial charge < -0.3 is 14.4 Å². The van der Waals surface area contributed by atoms with Gasteiger partial charge in [0, 0.05) is 19.5 Å². The Balaban J connectivity index is 1.56. The molecule has 1 aromatic carbocycles. The predicted molar refractivity (Wildman–Crippen MR) is 118 cm³/mol. The molecule has 1 aromatic rings. The Kier molecular flexibility index (Phi) is 7.24. The molecule has 1 atom stereocenters. The van der Waals surface area contributed by atoms with Crippen molar-refractivity contribution in [1.82, 2.24) is 4.90 Å². The van der Waals surface area contributed by atoms with E-state index < -0.39 is 17.2 Å². The van der Waals surface area contributed by atoms with Crippen molar-refractivity contribution in [2.45, 2.75) is 58.6 Å². The predicted octanol–water partition coefficient (Wildman–Crippen LogP) is 5.80. The standard InChI is InChI=1S/C23H29ClF2N2O3/c1-14-17(5-6-20(24)27-14)16-11-18(25)21(19(26)12-16)30-13-15-7-9-28(10-8-15)22(29)31-23(2,3)4/h5,11-12,14-15H,6-10,13H2,1-4H3. The molecule has 0 saturated carbocycles. The molecule has 31 heavy (non-hydrogen) atoms. The van der Waals surface area contributed by atoms with Crippen LogP contribution in [0.15, 0.2) is 23.2 Å². The van der Waals surface area contributed by atoms with Crippen LogP contribution in [0.4, 0.5) is 13.6 Å². The second kappa shape index (κ2) is 9.55. The van der Waals surface area contributed by atoms with Crippen LogP contribution < -0.4 is 4.74 Å². The van der Waals surface area contributed by atoms with Crippen molar-refractivity contribution in [2.75, 3.05) is 19.7 Å². The third kappa shape index (κ3) is 6.19. The van der Waals surface area contributed by atoms with E-state index in [4.69, 9.17) is 21.1 Å². The smallest absolute Gasteiger partial charge is 0.410 e. The van der Waals surface area contributed by atoms with Gasteiger partial charge in [0.15, 0.2) is 17.4 Å². The van der Waals surface area contributed by atoms with Crippen LogP contribution in [-0.2, 0) is 4.74 Å². The van der Waals surface area contributed by atoms with Gasteiger partial charge in [-0.05, 0) is 69.7 Å². The van der Waals surface area contributed by atoms with Crippen LogP contribution in [0.1, 0.15) is 52.5 Å². The molecule has 170 valence electrons. The van der Waals surface area contributed by atoms with E-state index in [0.29, 0.717) is 43.1 Å². The third-order valence-corrected chi connectivity index (χ3v) is 5.59. The number of hydrogen-bond acceptors (Lipinski definition) is 4. The number of ether oxygens (including phenoxy) is 2. The molecule has 2 heterocycles. The molecule has 1 amide bonds. The molecule has 5 nitrogen and oxygen atoms in total. The maximum atomic E-state index is 14.6. The summed E-state index contributed by atoms with van der Waals surface area (Å²) in [6.45, 7) is 8.56. The van der Waals surface area contributed by atoms with Gasteiger partial charge in [-0.3, -0.25) is 4.99 Å². The molecule has 0 spiro atoms. The highest BCUT2D eigenvalue weighted by Gasteiger charge is 2.28. The first kappa shape index (κ1) is 23.5. The number of nitrogens with zero attached hydrogens (tertiary/aromatic N) is 2. The molecule has 8 heteroatoms. The number of amides is 1. The maximum Gasteiger partial charge on any atom is 0.410 e. The summed E-state index contributed by atoms with van der Waals surface area (Å²) in [6, 6.07) is 2.29. The molecule has 0 bridgehead atoms. The van der Waals surface area contributed by atoms with Crippen molar-refractivity contribution in [3.8, 4) is 5.75 Å². The summed E-state index contributed by atoms with van der Waals surface area (Å²) in [7, 11) is 0. The summed E-state index contributed by atoms with van der Waals surface area (Å²) in [5.41, 5.74) is 0.638. The van der Waals surface area contributed by atoms with Crippen molar-refractivity contribution in [3.05, 3.63) is 35.4 Å². The fourth-order valence-corrected chi connectivity index (χ4v) is 3.95. The summed E-state index contributed by atoms with van der Waals surface area (Å²) in [4.78, 5) is 18.1. The fraction of sp³-hybridized carbons (Fsp3) is 0.565. The number of aliphatic imine (C=N–C) groups is 1. The Morgan fingerprint density at radius 2 is 1.84 bits per heavy atom. The van der Waals surface area contributed by atoms with Gasteiger partial charge in [0.05, 0.1) is 12.6 Å². The van der Waals surface area contributed by atoms with Gasteiger partial charge in [-0.15, -0.1) is 0 Å². The van der Waals surface area contributed by atoms with Crippen LogP contribution in [0.3, 0.4) is 0 Å². The molecule has 0 aromatic heterocycles. The van der Waals surface area contributed by atoms with Crippen LogP contribution in [0, 0.1) is 17.6 Å². The van der Waals surface area contributed by atoms with Crippen molar-refractivity contribution in [3.63, 3.8) is 0 Å². The topological polar surface area (TPSA) is 51.1 Å². The van der Waals surface area contributed by atoms with E-state index in [-0.39, 0.29) is 30.4 Å². The number of likely N-dealkylation sites (tertiary alicyclic amines) is 1. The number of piperidine rings is 1. The molecular formula is C23H29ClF2N2O3. The summed E-state index contributed by atoms with van der Waals surface area (Å²) >= 11 is 5.93. The number of halogens is 3. The molecule has 1 fully saturated rings. The van der Waals surface area contributed by atoms with E-state index in [1.807, 2.05) is 33.8 Å². The monoisotopic (exact) mass is 454 g/mol. The minimum atomic E-state index is -0.741. The van der Waals surface area contributed by atoms with Gasteiger partial charge in [0.1, 0.15) is 10.8 Å². The van der Waals surface area contributed by atoms with E-state index >= 15 is 0 Å². The van der Waals surface area contributed by atoms with Gasteiger partial charge in [0.25, 0.3) is 0 Å². The molecule has 1 unspecified atom stereocenters. The molecule has 2 aliphatic rings. The lowest BCUT2D eigenvalue weighted by atomic mass is 9.96. The van der Waals surface area contributed by atoms with Crippen molar-refractivity contribution >= 4 is 28.4 Å². The lowest BCUT2D eigenvalue weighted by Gasteiger charge is -2.33. The van der Waals surface area contributed by atoms with Crippen LogP contribution in [-0.4, -0.2) is 47.5 Å². The number of benzene rings is 1. The number of carbonyl (C=O) groups excluding carboxylic acids is 1. The highest BCUT2D eigenvalue weighted by atomic mass is 35.5. The number of hydrogen-bond donors (Lipinski definition) is 0. The fourth-order valence-electron chi connectivity index (χ4n) is 3.73. The van der Waals surface area contributed by atoms with Gasteiger partial charge >= 0.3 is 6.09 Å². The molecule has 2 aliphatic heterocycles. The first-order valence-corrected chi connectivity index (χ1v) is 10.9. The number of dihydropyridines is 1. The highest BCUT2D eigenvalue weighted by Crippen LogP contribution is 2.32. The lowest BCUT2D eigenvalue weighted by molar-refractivity contribution is 0.0163. The minimum absolute atomic E-state index is 0.106. The van der Waals surface area contributed by atoms with E-state index in [0.717, 1.165) is 5.57 Å². The van der Waals surface area contributed by atoms with Crippen molar-refractivity contribution in [1.29, 1.82) is 0 Å². The normalized spacial score (nSPS) is 20.2. The summed E-state index contributed by atoms with van der Waals surface area (Å²) < 4.78 is 40.2. The van der Waals surface area contributed by atoms with Crippen molar-refractivity contribution in [2.24, 2.45) is 10.9 Å². The second-order valence-corrected chi connectivity index (χ2v) is 9.47. The summed E-state index contributed by atoms with van der Waals surface area (Å²) in [6.07, 6.45) is 3.32. The summed E-state index contributed by atoms with van der Waals surface area (Å²) in [5, 5.41) is 0.481. The Hall–Kier alpha value is -2.15. The van der Waals surface area contributed by atoms with Crippen LogP contribution in [0.2, 0.25) is 0 Å².